The molecule has 0 aliphatic heterocycles. The van der Waals surface area contributed by atoms with Gasteiger partial charge in [0.1, 0.15) is 0 Å². The van der Waals surface area contributed by atoms with Gasteiger partial charge < -0.3 is 10.6 Å². The van der Waals surface area contributed by atoms with Gasteiger partial charge in [-0.3, -0.25) is 0 Å². The maximum Gasteiger partial charge on any atom is 0.0136 e. The number of rotatable bonds is 4. The van der Waals surface area contributed by atoms with E-state index in [1.165, 1.54) is 25.7 Å². The first-order valence-corrected chi connectivity index (χ1v) is 5.66. The molecule has 2 N–H and O–H groups in total. The largest absolute Gasteiger partial charge is 0.330 e. The highest BCUT2D eigenvalue weighted by Crippen LogP contribution is 2.39. The van der Waals surface area contributed by atoms with Crippen molar-refractivity contribution in [1.29, 1.82) is 0 Å². The van der Waals surface area contributed by atoms with E-state index in [4.69, 9.17) is 5.73 Å². The molecular weight excluding hydrogens is 160 g/mol. The van der Waals surface area contributed by atoms with Crippen LogP contribution in [0.2, 0.25) is 0 Å². The van der Waals surface area contributed by atoms with Crippen LogP contribution in [0.1, 0.15) is 32.6 Å². The maximum atomic E-state index is 5.73. The molecule has 0 aromatic carbocycles. The zero-order valence-corrected chi connectivity index (χ0v) is 8.87. The van der Waals surface area contributed by atoms with Crippen LogP contribution in [0.3, 0.4) is 0 Å². The summed E-state index contributed by atoms with van der Waals surface area (Å²) in [5.41, 5.74) is 5.73. The molecule has 2 nitrogen and oxygen atoms in total. The van der Waals surface area contributed by atoms with E-state index in [0.717, 1.165) is 30.5 Å². The SMILES string of the molecule is CC(C1CC1)N(C)C1CCC1CN. The Kier molecular flexibility index (Phi) is 2.61. The molecule has 0 saturated heterocycles. The van der Waals surface area contributed by atoms with Gasteiger partial charge in [0.25, 0.3) is 0 Å². The Hall–Kier alpha value is -0.0800. The fourth-order valence-electron chi connectivity index (χ4n) is 2.58. The highest BCUT2D eigenvalue weighted by molar-refractivity contribution is 4.93. The third-order valence-electron chi connectivity index (χ3n) is 4.15. The Morgan fingerprint density at radius 3 is 2.38 bits per heavy atom. The van der Waals surface area contributed by atoms with Crippen molar-refractivity contribution in [3.8, 4) is 0 Å². The standard InChI is InChI=1S/C11H22N2/c1-8(9-3-4-9)13(2)11-6-5-10(11)7-12/h8-11H,3-7,12H2,1-2H3. The number of hydrogen-bond acceptors (Lipinski definition) is 2. The molecule has 2 aliphatic carbocycles. The maximum absolute atomic E-state index is 5.73. The second kappa shape index (κ2) is 3.58. The van der Waals surface area contributed by atoms with E-state index in [1.807, 2.05) is 0 Å². The highest BCUT2D eigenvalue weighted by Gasteiger charge is 2.39. The molecule has 0 aromatic rings. The lowest BCUT2D eigenvalue weighted by atomic mass is 9.78. The third kappa shape index (κ3) is 1.75. The van der Waals surface area contributed by atoms with Gasteiger partial charge in [-0.2, -0.15) is 0 Å². The number of nitrogens with zero attached hydrogens (tertiary/aromatic N) is 1. The van der Waals surface area contributed by atoms with Gasteiger partial charge >= 0.3 is 0 Å². The second-order valence-electron chi connectivity index (χ2n) is 4.88. The quantitative estimate of drug-likeness (QED) is 0.713. The van der Waals surface area contributed by atoms with E-state index in [9.17, 15) is 0 Å². The zero-order valence-electron chi connectivity index (χ0n) is 8.87. The van der Waals surface area contributed by atoms with E-state index in [2.05, 4.69) is 18.9 Å². The van der Waals surface area contributed by atoms with Crippen molar-refractivity contribution in [1.82, 2.24) is 4.90 Å². The predicted molar refractivity (Wildman–Crippen MR) is 55.5 cm³/mol. The highest BCUT2D eigenvalue weighted by atomic mass is 15.2. The molecule has 0 aromatic heterocycles. The summed E-state index contributed by atoms with van der Waals surface area (Å²) in [6.45, 7) is 3.26. The predicted octanol–water partition coefficient (Wildman–Crippen LogP) is 1.45. The number of hydrogen-bond donors (Lipinski definition) is 1. The molecule has 3 atom stereocenters. The Morgan fingerprint density at radius 2 is 2.00 bits per heavy atom. The van der Waals surface area contributed by atoms with Crippen molar-refractivity contribution in [3.63, 3.8) is 0 Å². The lowest BCUT2D eigenvalue weighted by molar-refractivity contribution is 0.0525. The molecule has 13 heavy (non-hydrogen) atoms. The topological polar surface area (TPSA) is 29.3 Å². The molecule has 2 saturated carbocycles. The van der Waals surface area contributed by atoms with Crippen LogP contribution in [-0.2, 0) is 0 Å². The van der Waals surface area contributed by atoms with Gasteiger partial charge in [-0.25, -0.2) is 0 Å². The van der Waals surface area contributed by atoms with Crippen LogP contribution in [0, 0.1) is 11.8 Å². The molecule has 2 heteroatoms. The van der Waals surface area contributed by atoms with E-state index in [-0.39, 0.29) is 0 Å². The van der Waals surface area contributed by atoms with E-state index >= 15 is 0 Å². The van der Waals surface area contributed by atoms with Crippen molar-refractivity contribution in [2.24, 2.45) is 17.6 Å². The fraction of sp³-hybridized carbons (Fsp3) is 1.00. The van der Waals surface area contributed by atoms with Crippen molar-refractivity contribution in [3.05, 3.63) is 0 Å². The minimum atomic E-state index is 0.784. The van der Waals surface area contributed by atoms with E-state index < -0.39 is 0 Å². The van der Waals surface area contributed by atoms with E-state index in [1.54, 1.807) is 0 Å². The molecule has 0 amide bonds. The molecule has 2 aliphatic rings. The summed E-state index contributed by atoms with van der Waals surface area (Å²) in [7, 11) is 2.29. The summed E-state index contributed by atoms with van der Waals surface area (Å²) in [5, 5.41) is 0. The third-order valence-corrected chi connectivity index (χ3v) is 4.15. The van der Waals surface area contributed by atoms with Gasteiger partial charge in [0.2, 0.25) is 0 Å². The molecule has 0 bridgehead atoms. The first-order chi connectivity index (χ1) is 6.24. The summed E-state index contributed by atoms with van der Waals surface area (Å²) in [4.78, 5) is 2.58. The summed E-state index contributed by atoms with van der Waals surface area (Å²) in [5.74, 6) is 1.77. The Morgan fingerprint density at radius 1 is 1.31 bits per heavy atom. The van der Waals surface area contributed by atoms with Crippen molar-refractivity contribution in [2.45, 2.75) is 44.7 Å². The molecule has 76 valence electrons. The van der Waals surface area contributed by atoms with Crippen LogP contribution in [0.5, 0.6) is 0 Å². The van der Waals surface area contributed by atoms with Gasteiger partial charge in [0.15, 0.2) is 0 Å². The summed E-state index contributed by atoms with van der Waals surface area (Å²) in [6.07, 6.45) is 5.62. The summed E-state index contributed by atoms with van der Waals surface area (Å²) < 4.78 is 0. The van der Waals surface area contributed by atoms with Crippen molar-refractivity contribution < 1.29 is 0 Å². The Bertz CT molecular complexity index is 175. The Labute approximate surface area is 81.5 Å². The first kappa shape index (κ1) is 9.47. The normalized spacial score (nSPS) is 36.0. The van der Waals surface area contributed by atoms with Crippen LogP contribution in [0.4, 0.5) is 0 Å². The van der Waals surface area contributed by atoms with Crippen LogP contribution in [-0.4, -0.2) is 30.6 Å². The van der Waals surface area contributed by atoms with E-state index in [0.29, 0.717) is 0 Å². The molecule has 2 rings (SSSR count). The molecule has 3 unspecified atom stereocenters. The van der Waals surface area contributed by atoms with Crippen LogP contribution in [0.25, 0.3) is 0 Å². The smallest absolute Gasteiger partial charge is 0.0136 e. The van der Waals surface area contributed by atoms with Crippen LogP contribution >= 0.6 is 0 Å². The average molecular weight is 182 g/mol. The Balaban J connectivity index is 1.84. The molecule has 2 fully saturated rings. The van der Waals surface area contributed by atoms with Gasteiger partial charge in [-0.1, -0.05) is 0 Å². The van der Waals surface area contributed by atoms with Crippen LogP contribution < -0.4 is 5.73 Å². The van der Waals surface area contributed by atoms with Crippen molar-refractivity contribution >= 4 is 0 Å². The van der Waals surface area contributed by atoms with Gasteiger partial charge in [0.05, 0.1) is 0 Å². The second-order valence-corrected chi connectivity index (χ2v) is 4.88. The first-order valence-electron chi connectivity index (χ1n) is 5.66. The zero-order chi connectivity index (χ0) is 9.42. The molecule has 0 spiro atoms. The monoisotopic (exact) mass is 182 g/mol. The molecule has 0 radical (unpaired) electrons. The average Bonchev–Trinajstić information content (AvgIpc) is 2.84. The van der Waals surface area contributed by atoms with Gasteiger partial charge in [-0.15, -0.1) is 0 Å². The van der Waals surface area contributed by atoms with Gasteiger partial charge in [-0.05, 0) is 58.0 Å². The fourth-order valence-corrected chi connectivity index (χ4v) is 2.58. The minimum Gasteiger partial charge on any atom is -0.330 e. The summed E-state index contributed by atoms with van der Waals surface area (Å²) in [6, 6.07) is 1.58. The molecular formula is C11H22N2. The van der Waals surface area contributed by atoms with Crippen molar-refractivity contribution in [2.75, 3.05) is 13.6 Å². The lowest BCUT2D eigenvalue weighted by Crippen LogP contribution is -2.51. The minimum absolute atomic E-state index is 0.784. The molecule has 0 heterocycles. The summed E-state index contributed by atoms with van der Waals surface area (Å²) >= 11 is 0. The van der Waals surface area contributed by atoms with Crippen LogP contribution in [0.15, 0.2) is 0 Å². The number of nitrogens with two attached hydrogens (primary N) is 1. The lowest BCUT2D eigenvalue weighted by Gasteiger charge is -2.45. The van der Waals surface area contributed by atoms with Gasteiger partial charge in [0, 0.05) is 12.1 Å².